The number of aryl methyl sites for hydroxylation is 1. The van der Waals surface area contributed by atoms with Crippen molar-refractivity contribution >= 4 is 29.1 Å². The molecule has 3 aromatic rings. The van der Waals surface area contributed by atoms with E-state index < -0.39 is 23.5 Å². The van der Waals surface area contributed by atoms with Crippen LogP contribution < -0.4 is 15.0 Å². The molecular formula is C24H19FN2O4. The van der Waals surface area contributed by atoms with Crippen molar-refractivity contribution in [3.05, 3.63) is 88.7 Å². The molecule has 0 spiro atoms. The number of ether oxygens (including phenoxy) is 1. The highest BCUT2D eigenvalue weighted by Gasteiger charge is 2.37. The van der Waals surface area contributed by atoms with Gasteiger partial charge in [0.25, 0.3) is 17.7 Å². The first-order valence-electron chi connectivity index (χ1n) is 9.72. The van der Waals surface area contributed by atoms with E-state index in [-0.39, 0.29) is 16.7 Å². The summed E-state index contributed by atoms with van der Waals surface area (Å²) in [5.74, 6) is -1.28. The lowest BCUT2D eigenvalue weighted by Gasteiger charge is -2.14. The molecular weight excluding hydrogens is 399 g/mol. The molecule has 0 unspecified atom stereocenters. The largest absolute Gasteiger partial charge is 0.494 e. The summed E-state index contributed by atoms with van der Waals surface area (Å²) < 4.78 is 19.1. The van der Waals surface area contributed by atoms with Gasteiger partial charge in [0.05, 0.1) is 23.4 Å². The molecule has 0 radical (unpaired) electrons. The Morgan fingerprint density at radius 3 is 2.35 bits per heavy atom. The standard InChI is InChI=1S/C24H19FN2O4/c1-3-31-18-9-7-17(8-10-18)27-23(29)19-11-5-15(12-20(19)24(27)30)22(28)26-16-6-4-14(2)21(25)13-16/h4-13H,3H2,1-2H3,(H,26,28). The Kier molecular flexibility index (Phi) is 5.25. The van der Waals surface area contributed by atoms with Gasteiger partial charge in [-0.25, -0.2) is 9.29 Å². The minimum absolute atomic E-state index is 0.140. The number of nitrogens with zero attached hydrogens (tertiary/aromatic N) is 1. The number of nitrogens with one attached hydrogen (secondary N) is 1. The van der Waals surface area contributed by atoms with Crippen LogP contribution in [0, 0.1) is 12.7 Å². The quantitative estimate of drug-likeness (QED) is 0.615. The third-order valence-electron chi connectivity index (χ3n) is 4.98. The summed E-state index contributed by atoms with van der Waals surface area (Å²) in [5, 5.41) is 2.60. The first kappa shape index (κ1) is 20.3. The maximum atomic E-state index is 13.7. The van der Waals surface area contributed by atoms with Gasteiger partial charge in [-0.05, 0) is 74.0 Å². The average Bonchev–Trinajstić information content (AvgIpc) is 3.01. The zero-order chi connectivity index (χ0) is 22.1. The Hall–Kier alpha value is -4.00. The Morgan fingerprint density at radius 1 is 0.968 bits per heavy atom. The summed E-state index contributed by atoms with van der Waals surface area (Å²) in [6, 6.07) is 15.3. The van der Waals surface area contributed by atoms with Gasteiger partial charge in [0.2, 0.25) is 0 Å². The molecule has 3 amide bonds. The van der Waals surface area contributed by atoms with Gasteiger partial charge in [0.1, 0.15) is 11.6 Å². The summed E-state index contributed by atoms with van der Waals surface area (Å²) in [6.07, 6.45) is 0. The van der Waals surface area contributed by atoms with Gasteiger partial charge in [0.15, 0.2) is 0 Å². The van der Waals surface area contributed by atoms with Crippen LogP contribution in [0.4, 0.5) is 15.8 Å². The maximum Gasteiger partial charge on any atom is 0.266 e. The topological polar surface area (TPSA) is 75.7 Å². The van der Waals surface area contributed by atoms with Crippen LogP contribution in [0.3, 0.4) is 0 Å². The van der Waals surface area contributed by atoms with E-state index in [9.17, 15) is 18.8 Å². The van der Waals surface area contributed by atoms with Crippen molar-refractivity contribution < 1.29 is 23.5 Å². The van der Waals surface area contributed by atoms with Crippen molar-refractivity contribution in [2.75, 3.05) is 16.8 Å². The predicted molar refractivity (Wildman–Crippen MR) is 114 cm³/mol. The Bertz CT molecular complexity index is 1200. The van der Waals surface area contributed by atoms with Crippen LogP contribution in [0.1, 0.15) is 43.6 Å². The number of amides is 3. The molecule has 6 nitrogen and oxygen atoms in total. The first-order chi connectivity index (χ1) is 14.9. The van der Waals surface area contributed by atoms with Crippen LogP contribution in [0.2, 0.25) is 0 Å². The molecule has 3 aromatic carbocycles. The SMILES string of the molecule is CCOc1ccc(N2C(=O)c3ccc(C(=O)Nc4ccc(C)c(F)c4)cc3C2=O)cc1. The Labute approximate surface area is 178 Å². The number of hydrogen-bond acceptors (Lipinski definition) is 4. The molecule has 1 aliphatic heterocycles. The van der Waals surface area contributed by atoms with Crippen LogP contribution >= 0.6 is 0 Å². The Morgan fingerprint density at radius 2 is 1.68 bits per heavy atom. The van der Waals surface area contributed by atoms with Crippen LogP contribution in [0.5, 0.6) is 5.75 Å². The van der Waals surface area contributed by atoms with E-state index in [0.717, 1.165) is 4.90 Å². The predicted octanol–water partition coefficient (Wildman–Crippen LogP) is 4.59. The molecule has 1 aliphatic rings. The molecule has 0 saturated carbocycles. The van der Waals surface area contributed by atoms with Crippen LogP contribution in [-0.2, 0) is 0 Å². The second kappa shape index (κ2) is 8.02. The highest BCUT2D eigenvalue weighted by atomic mass is 19.1. The molecule has 0 fully saturated rings. The molecule has 31 heavy (non-hydrogen) atoms. The minimum atomic E-state index is -0.514. The molecule has 0 atom stereocenters. The summed E-state index contributed by atoms with van der Waals surface area (Å²) in [4.78, 5) is 39.4. The number of rotatable bonds is 5. The van der Waals surface area contributed by atoms with Crippen LogP contribution in [0.25, 0.3) is 0 Å². The fourth-order valence-corrected chi connectivity index (χ4v) is 3.35. The van der Waals surface area contributed by atoms with Crippen molar-refractivity contribution in [3.8, 4) is 5.75 Å². The van der Waals surface area contributed by atoms with Crippen LogP contribution in [-0.4, -0.2) is 24.3 Å². The second-order valence-electron chi connectivity index (χ2n) is 7.05. The Balaban J connectivity index is 1.58. The second-order valence-corrected chi connectivity index (χ2v) is 7.05. The normalized spacial score (nSPS) is 12.7. The molecule has 0 aliphatic carbocycles. The fourth-order valence-electron chi connectivity index (χ4n) is 3.35. The van der Waals surface area contributed by atoms with Gasteiger partial charge in [-0.1, -0.05) is 6.07 Å². The smallest absolute Gasteiger partial charge is 0.266 e. The molecule has 0 bridgehead atoms. The van der Waals surface area contributed by atoms with E-state index in [1.807, 2.05) is 6.92 Å². The van der Waals surface area contributed by atoms with Gasteiger partial charge >= 0.3 is 0 Å². The van der Waals surface area contributed by atoms with Gasteiger partial charge in [0, 0.05) is 11.3 Å². The summed E-state index contributed by atoms with van der Waals surface area (Å²) >= 11 is 0. The van der Waals surface area contributed by atoms with E-state index in [1.54, 1.807) is 43.3 Å². The van der Waals surface area contributed by atoms with Gasteiger partial charge < -0.3 is 10.1 Å². The third kappa shape index (κ3) is 3.77. The lowest BCUT2D eigenvalue weighted by Crippen LogP contribution is -2.29. The minimum Gasteiger partial charge on any atom is -0.494 e. The maximum absolute atomic E-state index is 13.7. The number of imide groups is 1. The number of benzene rings is 3. The van der Waals surface area contributed by atoms with Crippen LogP contribution in [0.15, 0.2) is 60.7 Å². The molecule has 1 N–H and O–H groups in total. The van der Waals surface area contributed by atoms with Gasteiger partial charge in [-0.2, -0.15) is 0 Å². The van der Waals surface area contributed by atoms with E-state index in [2.05, 4.69) is 5.32 Å². The van der Waals surface area contributed by atoms with Crippen molar-refractivity contribution in [1.82, 2.24) is 0 Å². The highest BCUT2D eigenvalue weighted by Crippen LogP contribution is 2.30. The molecule has 0 aromatic heterocycles. The van der Waals surface area contributed by atoms with Gasteiger partial charge in [-0.15, -0.1) is 0 Å². The average molecular weight is 418 g/mol. The molecule has 7 heteroatoms. The van der Waals surface area contributed by atoms with Crippen molar-refractivity contribution in [1.29, 1.82) is 0 Å². The molecule has 0 saturated heterocycles. The van der Waals surface area contributed by atoms with E-state index in [1.165, 1.54) is 24.3 Å². The van der Waals surface area contributed by atoms with E-state index >= 15 is 0 Å². The fraction of sp³-hybridized carbons (Fsp3) is 0.125. The van der Waals surface area contributed by atoms with Crippen molar-refractivity contribution in [3.63, 3.8) is 0 Å². The lowest BCUT2D eigenvalue weighted by molar-refractivity contribution is 0.0925. The molecule has 4 rings (SSSR count). The third-order valence-corrected chi connectivity index (χ3v) is 4.98. The number of hydrogen-bond donors (Lipinski definition) is 1. The lowest BCUT2D eigenvalue weighted by atomic mass is 10.1. The monoisotopic (exact) mass is 418 g/mol. The number of carbonyl (C=O) groups excluding carboxylic acids is 3. The number of fused-ring (bicyclic) bond motifs is 1. The van der Waals surface area contributed by atoms with Crippen molar-refractivity contribution in [2.45, 2.75) is 13.8 Å². The summed E-state index contributed by atoms with van der Waals surface area (Å²) in [5.41, 5.74) is 1.73. The van der Waals surface area contributed by atoms with E-state index in [4.69, 9.17) is 4.74 Å². The number of anilines is 2. The van der Waals surface area contributed by atoms with E-state index in [0.29, 0.717) is 29.3 Å². The molecule has 1 heterocycles. The highest BCUT2D eigenvalue weighted by molar-refractivity contribution is 6.34. The summed E-state index contributed by atoms with van der Waals surface area (Å²) in [7, 11) is 0. The zero-order valence-corrected chi connectivity index (χ0v) is 16.9. The summed E-state index contributed by atoms with van der Waals surface area (Å²) in [6.45, 7) is 3.99. The number of carbonyl (C=O) groups is 3. The van der Waals surface area contributed by atoms with Gasteiger partial charge in [-0.3, -0.25) is 14.4 Å². The first-order valence-corrected chi connectivity index (χ1v) is 9.72. The number of halogens is 1. The zero-order valence-electron chi connectivity index (χ0n) is 16.9. The molecule has 156 valence electrons. The van der Waals surface area contributed by atoms with Crippen molar-refractivity contribution in [2.24, 2.45) is 0 Å².